The number of pyridine rings is 1. The Kier molecular flexibility index (Phi) is 8.62. The summed E-state index contributed by atoms with van der Waals surface area (Å²) in [6.07, 6.45) is 5.22. The van der Waals surface area contributed by atoms with Crippen LogP contribution < -0.4 is 0 Å². The molecule has 2 aromatic heterocycles. The van der Waals surface area contributed by atoms with Crippen LogP contribution in [0.4, 0.5) is 0 Å². The first kappa shape index (κ1) is 33.3. The topological polar surface area (TPSA) is 51.6 Å². The van der Waals surface area contributed by atoms with Crippen molar-refractivity contribution < 1.29 is 0 Å². The van der Waals surface area contributed by atoms with E-state index in [9.17, 15) is 0 Å². The third-order valence-electron chi connectivity index (χ3n) is 10.8. The highest BCUT2D eigenvalue weighted by Crippen LogP contribution is 2.42. The van der Waals surface area contributed by atoms with Gasteiger partial charge in [0, 0.05) is 29.1 Å². The van der Waals surface area contributed by atoms with Gasteiger partial charge in [-0.25, -0.2) is 15.0 Å². The Labute approximate surface area is 326 Å². The summed E-state index contributed by atoms with van der Waals surface area (Å²) in [5.41, 5.74) is 17.9. The van der Waals surface area contributed by atoms with Crippen molar-refractivity contribution in [3.63, 3.8) is 0 Å². The molecule has 0 saturated heterocycles. The predicted molar refractivity (Wildman–Crippen MR) is 228 cm³/mol. The maximum absolute atomic E-state index is 5.05. The van der Waals surface area contributed by atoms with E-state index in [1.165, 1.54) is 55.6 Å². The van der Waals surface area contributed by atoms with Gasteiger partial charge >= 0.3 is 0 Å². The van der Waals surface area contributed by atoms with E-state index in [1.807, 2.05) is 18.2 Å². The Hall–Kier alpha value is -7.30. The third kappa shape index (κ3) is 6.37. The number of aromatic nitrogens is 4. The highest BCUT2D eigenvalue weighted by molar-refractivity contribution is 5.89. The van der Waals surface area contributed by atoms with Gasteiger partial charge in [-0.05, 0) is 91.7 Å². The molecule has 0 radical (unpaired) electrons. The van der Waals surface area contributed by atoms with Gasteiger partial charge in [-0.15, -0.1) is 0 Å². The first-order valence-electron chi connectivity index (χ1n) is 19.0. The molecule has 4 heteroatoms. The molecule has 0 unspecified atom stereocenters. The van der Waals surface area contributed by atoms with Crippen molar-refractivity contribution in [3.8, 4) is 78.7 Å². The van der Waals surface area contributed by atoms with Gasteiger partial charge in [0.1, 0.15) is 0 Å². The van der Waals surface area contributed by atoms with Gasteiger partial charge in [0.15, 0.2) is 17.5 Å². The lowest BCUT2D eigenvalue weighted by molar-refractivity contribution is 1.07. The molecule has 7 aromatic carbocycles. The summed E-state index contributed by atoms with van der Waals surface area (Å²) >= 11 is 0. The Morgan fingerprint density at radius 3 is 1.25 bits per heavy atom. The second-order valence-corrected chi connectivity index (χ2v) is 14.2. The molecule has 10 rings (SSSR count). The molecule has 264 valence electrons. The molecule has 0 fully saturated rings. The third-order valence-corrected chi connectivity index (χ3v) is 10.8. The van der Waals surface area contributed by atoms with Crippen LogP contribution in [0.5, 0.6) is 0 Å². The fraction of sp³-hybridized carbons (Fsp3) is 0.0385. The van der Waals surface area contributed by atoms with E-state index in [0.717, 1.165) is 40.7 Å². The fourth-order valence-electron chi connectivity index (χ4n) is 8.01. The minimum absolute atomic E-state index is 0.610. The molecule has 1 aliphatic carbocycles. The molecular weight excluding hydrogens is 681 g/mol. The zero-order chi connectivity index (χ0) is 37.3. The molecule has 0 bridgehead atoms. The van der Waals surface area contributed by atoms with Crippen molar-refractivity contribution >= 4 is 0 Å². The van der Waals surface area contributed by atoms with Crippen molar-refractivity contribution in [1.29, 1.82) is 0 Å². The van der Waals surface area contributed by atoms with Crippen molar-refractivity contribution in [1.82, 2.24) is 19.9 Å². The normalized spacial score (nSPS) is 11.8. The van der Waals surface area contributed by atoms with Crippen LogP contribution in [0.2, 0.25) is 0 Å². The van der Waals surface area contributed by atoms with Crippen molar-refractivity contribution in [2.45, 2.75) is 12.8 Å². The first-order valence-corrected chi connectivity index (χ1v) is 19.0. The number of fused-ring (bicyclic) bond motifs is 6. The Morgan fingerprint density at radius 1 is 0.268 bits per heavy atom. The Balaban J connectivity index is 1.07. The summed E-state index contributed by atoms with van der Waals surface area (Å²) in [5, 5.41) is 0. The first-order chi connectivity index (χ1) is 27.7. The van der Waals surface area contributed by atoms with E-state index in [0.29, 0.717) is 17.5 Å². The number of hydrogen-bond donors (Lipinski definition) is 0. The summed E-state index contributed by atoms with van der Waals surface area (Å²) in [7, 11) is 0. The van der Waals surface area contributed by atoms with E-state index >= 15 is 0 Å². The average molecular weight is 717 g/mol. The predicted octanol–water partition coefficient (Wildman–Crippen LogP) is 12.4. The number of hydrogen-bond acceptors (Lipinski definition) is 4. The zero-order valence-electron chi connectivity index (χ0n) is 30.7. The maximum Gasteiger partial charge on any atom is 0.164 e. The van der Waals surface area contributed by atoms with Gasteiger partial charge in [0.05, 0.1) is 0 Å². The molecule has 4 nitrogen and oxygen atoms in total. The van der Waals surface area contributed by atoms with Crippen LogP contribution in [0.1, 0.15) is 22.3 Å². The van der Waals surface area contributed by atoms with E-state index < -0.39 is 0 Å². The second-order valence-electron chi connectivity index (χ2n) is 14.2. The molecule has 2 heterocycles. The van der Waals surface area contributed by atoms with Crippen molar-refractivity contribution in [2.75, 3.05) is 0 Å². The maximum atomic E-state index is 5.05. The van der Waals surface area contributed by atoms with E-state index in [1.54, 1.807) is 12.4 Å². The van der Waals surface area contributed by atoms with Gasteiger partial charge < -0.3 is 0 Å². The number of nitrogens with zero attached hydrogens (tertiary/aromatic N) is 4. The SMILES string of the molecule is c1ccc(-c2ccc(-c3nc(-c4ccncc4)nc(-c4ccc(-c5cccc6c5-c5ccccc5Cc5ccccc5-c5ccccc5C6)cc4)n3)cc2)cc1. The highest BCUT2D eigenvalue weighted by Gasteiger charge is 2.21. The smallest absolute Gasteiger partial charge is 0.164 e. The van der Waals surface area contributed by atoms with Crippen LogP contribution in [0.25, 0.3) is 78.7 Å². The van der Waals surface area contributed by atoms with Crippen LogP contribution in [0, 0.1) is 0 Å². The summed E-state index contributed by atoms with van der Waals surface area (Å²) in [4.78, 5) is 19.2. The molecule has 1 aliphatic rings. The number of benzene rings is 7. The summed E-state index contributed by atoms with van der Waals surface area (Å²) in [5.74, 6) is 1.86. The van der Waals surface area contributed by atoms with Crippen LogP contribution in [0.3, 0.4) is 0 Å². The minimum atomic E-state index is 0.610. The average Bonchev–Trinajstić information content (AvgIpc) is 3.27. The van der Waals surface area contributed by atoms with Gasteiger partial charge in [-0.2, -0.15) is 0 Å². The highest BCUT2D eigenvalue weighted by atomic mass is 15.0. The van der Waals surface area contributed by atoms with E-state index in [4.69, 9.17) is 15.0 Å². The monoisotopic (exact) mass is 716 g/mol. The lowest BCUT2D eigenvalue weighted by Gasteiger charge is -2.23. The van der Waals surface area contributed by atoms with Gasteiger partial charge in [0.25, 0.3) is 0 Å². The lowest BCUT2D eigenvalue weighted by atomic mass is 9.81. The van der Waals surface area contributed by atoms with E-state index in [2.05, 4.69) is 169 Å². The Bertz CT molecular complexity index is 2830. The van der Waals surface area contributed by atoms with Crippen LogP contribution in [-0.4, -0.2) is 19.9 Å². The van der Waals surface area contributed by atoms with Crippen LogP contribution in [-0.2, 0) is 12.8 Å². The molecule has 0 aliphatic heterocycles. The molecular formula is C52H36N4. The van der Waals surface area contributed by atoms with Crippen molar-refractivity contribution in [2.24, 2.45) is 0 Å². The number of rotatable bonds is 5. The second kappa shape index (κ2) is 14.5. The Morgan fingerprint density at radius 2 is 0.661 bits per heavy atom. The molecule has 0 atom stereocenters. The summed E-state index contributed by atoms with van der Waals surface area (Å²) in [6.45, 7) is 0. The van der Waals surface area contributed by atoms with Crippen molar-refractivity contribution in [3.05, 3.63) is 217 Å². The van der Waals surface area contributed by atoms with Gasteiger partial charge in [-0.1, -0.05) is 170 Å². The molecule has 0 spiro atoms. The molecule has 0 amide bonds. The molecule has 9 aromatic rings. The van der Waals surface area contributed by atoms with Crippen LogP contribution >= 0.6 is 0 Å². The lowest BCUT2D eigenvalue weighted by Crippen LogP contribution is -2.03. The molecule has 0 N–H and O–H groups in total. The quantitative estimate of drug-likeness (QED) is 0.178. The zero-order valence-corrected chi connectivity index (χ0v) is 30.7. The minimum Gasteiger partial charge on any atom is -0.265 e. The van der Waals surface area contributed by atoms with E-state index in [-0.39, 0.29) is 0 Å². The van der Waals surface area contributed by atoms with Gasteiger partial charge in [0.2, 0.25) is 0 Å². The van der Waals surface area contributed by atoms with Gasteiger partial charge in [-0.3, -0.25) is 4.98 Å². The fourth-order valence-corrected chi connectivity index (χ4v) is 8.01. The standard InChI is InChI=1S/C52H36N4/c1-2-11-35(12-3-1)36-21-25-38(26-22-36)50-54-51(56-52(55-50)40-29-31-53-32-30-40)39-27-23-37(24-28-39)47-20-10-16-44-34-42-14-5-8-18-46(42)45-17-7-4-13-41(45)33-43-15-6-9-19-48(43)49(44)47/h1-32H,33-34H2. The molecule has 56 heavy (non-hydrogen) atoms. The summed E-state index contributed by atoms with van der Waals surface area (Å²) < 4.78 is 0. The molecule has 0 saturated carbocycles. The summed E-state index contributed by atoms with van der Waals surface area (Å²) in [6, 6.07) is 64.8. The van der Waals surface area contributed by atoms with Crippen LogP contribution in [0.15, 0.2) is 194 Å². The largest absolute Gasteiger partial charge is 0.265 e.